The summed E-state index contributed by atoms with van der Waals surface area (Å²) in [6, 6.07) is 2.94. The molecular weight excluding hydrogens is 301 g/mol. The summed E-state index contributed by atoms with van der Waals surface area (Å²) in [5, 5.41) is 3.27. The summed E-state index contributed by atoms with van der Waals surface area (Å²) in [4.78, 5) is 23.1. The maximum atomic E-state index is 11.6. The third-order valence-electron chi connectivity index (χ3n) is 2.44. The predicted octanol–water partition coefficient (Wildman–Crippen LogP) is 3.35. The smallest absolute Gasteiger partial charge is 0.257 e. The van der Waals surface area contributed by atoms with Gasteiger partial charge in [0.25, 0.3) is 5.91 Å². The number of halogens is 2. The molecule has 110 valence electrons. The molecule has 0 bridgehead atoms. The van der Waals surface area contributed by atoms with Crippen molar-refractivity contribution in [1.82, 2.24) is 5.32 Å². The molecule has 1 aromatic carbocycles. The molecule has 0 saturated carbocycles. The van der Waals surface area contributed by atoms with Crippen LogP contribution in [0.3, 0.4) is 0 Å². The molecule has 20 heavy (non-hydrogen) atoms. The Balaban J connectivity index is 2.77. The van der Waals surface area contributed by atoms with Crippen molar-refractivity contribution in [2.45, 2.75) is 20.8 Å². The van der Waals surface area contributed by atoms with E-state index in [2.05, 4.69) is 5.32 Å². The number of carbonyl (C=O) groups excluding carboxylic acids is 2. The lowest BCUT2D eigenvalue weighted by atomic mass is 10.1. The summed E-state index contributed by atoms with van der Waals surface area (Å²) in [6.07, 6.45) is 0. The molecule has 1 N–H and O–H groups in total. The van der Waals surface area contributed by atoms with Gasteiger partial charge in [0.05, 0.1) is 10.6 Å². The number of nitrogens with one attached hydrogen (secondary N) is 1. The molecule has 1 rings (SSSR count). The van der Waals surface area contributed by atoms with E-state index in [1.807, 2.05) is 13.8 Å². The number of hydrogen-bond acceptors (Lipinski definition) is 3. The zero-order valence-corrected chi connectivity index (χ0v) is 13.1. The van der Waals surface area contributed by atoms with Crippen LogP contribution in [-0.2, 0) is 4.79 Å². The molecule has 0 fully saturated rings. The van der Waals surface area contributed by atoms with Crippen LogP contribution in [0.1, 0.15) is 31.1 Å². The molecule has 0 radical (unpaired) electrons. The first kappa shape index (κ1) is 16.8. The number of hydrogen-bond donors (Lipinski definition) is 1. The van der Waals surface area contributed by atoms with Gasteiger partial charge in [-0.25, -0.2) is 0 Å². The minimum absolute atomic E-state index is 0.184. The molecule has 0 atom stereocenters. The van der Waals surface area contributed by atoms with Crippen molar-refractivity contribution in [1.29, 1.82) is 0 Å². The highest BCUT2D eigenvalue weighted by Gasteiger charge is 2.15. The van der Waals surface area contributed by atoms with Gasteiger partial charge in [-0.1, -0.05) is 37.0 Å². The molecule has 0 aliphatic heterocycles. The number of amides is 1. The Labute approximate surface area is 128 Å². The highest BCUT2D eigenvalue weighted by atomic mass is 35.5. The van der Waals surface area contributed by atoms with Gasteiger partial charge < -0.3 is 10.1 Å². The summed E-state index contributed by atoms with van der Waals surface area (Å²) in [7, 11) is 0. The lowest BCUT2D eigenvalue weighted by Gasteiger charge is -2.13. The van der Waals surface area contributed by atoms with E-state index in [1.54, 1.807) is 0 Å². The second-order valence-corrected chi connectivity index (χ2v) is 5.65. The van der Waals surface area contributed by atoms with Gasteiger partial charge in [0, 0.05) is 11.6 Å². The van der Waals surface area contributed by atoms with Gasteiger partial charge in [-0.3, -0.25) is 9.59 Å². The summed E-state index contributed by atoms with van der Waals surface area (Å²) in [6.45, 7) is 5.73. The number of benzene rings is 1. The highest BCUT2D eigenvalue weighted by molar-refractivity contribution is 6.36. The largest absolute Gasteiger partial charge is 0.481 e. The number of Topliss-reactive ketones (excluding diaryl/α,β-unsaturated/α-hetero) is 1. The Morgan fingerprint density at radius 1 is 1.30 bits per heavy atom. The van der Waals surface area contributed by atoms with Gasteiger partial charge in [-0.05, 0) is 25.0 Å². The second-order valence-electron chi connectivity index (χ2n) is 4.81. The Morgan fingerprint density at radius 2 is 1.95 bits per heavy atom. The molecular formula is C14H17Cl2NO3. The van der Waals surface area contributed by atoms with E-state index in [0.29, 0.717) is 17.5 Å². The zero-order valence-electron chi connectivity index (χ0n) is 11.6. The van der Waals surface area contributed by atoms with E-state index < -0.39 is 0 Å². The van der Waals surface area contributed by atoms with E-state index >= 15 is 0 Å². The van der Waals surface area contributed by atoms with E-state index in [0.717, 1.165) is 0 Å². The van der Waals surface area contributed by atoms with Crippen LogP contribution in [-0.4, -0.2) is 24.8 Å². The number of rotatable bonds is 6. The van der Waals surface area contributed by atoms with Crippen LogP contribution in [0.5, 0.6) is 5.75 Å². The van der Waals surface area contributed by atoms with Crippen molar-refractivity contribution in [3.05, 3.63) is 27.7 Å². The lowest BCUT2D eigenvalue weighted by Crippen LogP contribution is -2.32. The SMILES string of the molecule is CC(=O)c1cc(Cl)cc(Cl)c1OCC(=O)NCC(C)C. The topological polar surface area (TPSA) is 55.4 Å². The Kier molecular flexibility index (Phi) is 6.30. The second kappa shape index (κ2) is 7.50. The number of ether oxygens (including phenoxy) is 1. The van der Waals surface area contributed by atoms with Gasteiger partial charge in [0.2, 0.25) is 0 Å². The third kappa shape index (κ3) is 5.02. The van der Waals surface area contributed by atoms with Crippen molar-refractivity contribution in [2.24, 2.45) is 5.92 Å². The molecule has 1 aromatic rings. The number of ketones is 1. The monoisotopic (exact) mass is 317 g/mol. The molecule has 4 nitrogen and oxygen atoms in total. The van der Waals surface area contributed by atoms with Crippen LogP contribution < -0.4 is 10.1 Å². The zero-order chi connectivity index (χ0) is 15.3. The van der Waals surface area contributed by atoms with Crippen LogP contribution in [0, 0.1) is 5.92 Å². The minimum Gasteiger partial charge on any atom is -0.481 e. The maximum Gasteiger partial charge on any atom is 0.257 e. The van der Waals surface area contributed by atoms with Crippen LogP contribution in [0.15, 0.2) is 12.1 Å². The molecule has 1 amide bonds. The fourth-order valence-corrected chi connectivity index (χ4v) is 2.02. The molecule has 6 heteroatoms. The lowest BCUT2D eigenvalue weighted by molar-refractivity contribution is -0.123. The van der Waals surface area contributed by atoms with Crippen LogP contribution in [0.4, 0.5) is 0 Å². The van der Waals surface area contributed by atoms with Crippen LogP contribution >= 0.6 is 23.2 Å². The average Bonchev–Trinajstić information content (AvgIpc) is 2.34. The molecule has 0 heterocycles. The fourth-order valence-electron chi connectivity index (χ4n) is 1.48. The highest BCUT2D eigenvalue weighted by Crippen LogP contribution is 2.32. The number of carbonyl (C=O) groups is 2. The first-order valence-electron chi connectivity index (χ1n) is 6.20. The summed E-state index contributed by atoms with van der Waals surface area (Å²) in [5.41, 5.74) is 0.263. The fraction of sp³-hybridized carbons (Fsp3) is 0.429. The Hall–Kier alpha value is -1.26. The van der Waals surface area contributed by atoms with E-state index in [1.165, 1.54) is 19.1 Å². The van der Waals surface area contributed by atoms with Gasteiger partial charge >= 0.3 is 0 Å². The van der Waals surface area contributed by atoms with Gasteiger partial charge in [0.1, 0.15) is 5.75 Å². The molecule has 0 unspecified atom stereocenters. The predicted molar refractivity (Wildman–Crippen MR) is 79.8 cm³/mol. The minimum atomic E-state index is -0.265. The summed E-state index contributed by atoms with van der Waals surface area (Å²) < 4.78 is 5.35. The Bertz CT molecular complexity index is 515. The van der Waals surface area contributed by atoms with E-state index in [4.69, 9.17) is 27.9 Å². The normalized spacial score (nSPS) is 10.5. The van der Waals surface area contributed by atoms with E-state index in [9.17, 15) is 9.59 Å². The van der Waals surface area contributed by atoms with Gasteiger partial charge in [0.15, 0.2) is 12.4 Å². The van der Waals surface area contributed by atoms with Gasteiger partial charge in [-0.15, -0.1) is 0 Å². The van der Waals surface area contributed by atoms with Crippen LogP contribution in [0.25, 0.3) is 0 Å². The quantitative estimate of drug-likeness (QED) is 0.819. The maximum absolute atomic E-state index is 11.6. The molecule has 0 aliphatic carbocycles. The Morgan fingerprint density at radius 3 is 2.50 bits per heavy atom. The third-order valence-corrected chi connectivity index (χ3v) is 2.94. The summed E-state index contributed by atoms with van der Waals surface area (Å²) in [5.74, 6) is 0.0420. The van der Waals surface area contributed by atoms with Crippen molar-refractivity contribution >= 4 is 34.9 Å². The molecule has 0 aliphatic rings. The van der Waals surface area contributed by atoms with Crippen molar-refractivity contribution in [2.75, 3.05) is 13.2 Å². The molecule has 0 spiro atoms. The first-order chi connectivity index (χ1) is 9.31. The van der Waals surface area contributed by atoms with Crippen molar-refractivity contribution in [3.63, 3.8) is 0 Å². The average molecular weight is 318 g/mol. The first-order valence-corrected chi connectivity index (χ1v) is 6.96. The van der Waals surface area contributed by atoms with E-state index in [-0.39, 0.29) is 34.6 Å². The van der Waals surface area contributed by atoms with Gasteiger partial charge in [-0.2, -0.15) is 0 Å². The molecule has 0 aromatic heterocycles. The molecule has 0 saturated heterocycles. The van der Waals surface area contributed by atoms with Crippen molar-refractivity contribution < 1.29 is 14.3 Å². The standard InChI is InChI=1S/C14H17Cl2NO3/c1-8(2)6-17-13(19)7-20-14-11(9(3)18)4-10(15)5-12(14)16/h4-5,8H,6-7H2,1-3H3,(H,17,19). The van der Waals surface area contributed by atoms with Crippen LogP contribution in [0.2, 0.25) is 10.0 Å². The summed E-state index contributed by atoms with van der Waals surface area (Å²) >= 11 is 11.8. The van der Waals surface area contributed by atoms with Crippen molar-refractivity contribution in [3.8, 4) is 5.75 Å².